The van der Waals surface area contributed by atoms with Crippen LogP contribution in [0.15, 0.2) is 30.3 Å². The molecule has 0 radical (unpaired) electrons. The fourth-order valence-electron chi connectivity index (χ4n) is 2.47. The summed E-state index contributed by atoms with van der Waals surface area (Å²) >= 11 is 0. The topological polar surface area (TPSA) is 58.6 Å². The number of likely N-dealkylation sites (tertiary alicyclic amines) is 1. The molecule has 0 unspecified atom stereocenters. The van der Waals surface area contributed by atoms with E-state index < -0.39 is 0 Å². The summed E-state index contributed by atoms with van der Waals surface area (Å²) in [6.45, 7) is 1.47. The van der Waals surface area contributed by atoms with Gasteiger partial charge in [-0.2, -0.15) is 0 Å². The molecule has 1 aromatic rings. The third-order valence-electron chi connectivity index (χ3n) is 3.77. The second kappa shape index (κ2) is 7.78. The smallest absolute Gasteiger partial charge is 0.241 e. The number of hydrogen-bond donors (Lipinski definition) is 1. The van der Waals surface area contributed by atoms with Gasteiger partial charge in [0, 0.05) is 20.2 Å². The van der Waals surface area contributed by atoms with E-state index in [9.17, 15) is 9.59 Å². The average Bonchev–Trinajstić information content (AvgIpc) is 2.53. The van der Waals surface area contributed by atoms with Crippen LogP contribution < -0.4 is 5.32 Å². The predicted octanol–water partition coefficient (Wildman–Crippen LogP) is 0.983. The number of piperidine rings is 1. The van der Waals surface area contributed by atoms with Crippen molar-refractivity contribution in [1.82, 2.24) is 10.2 Å². The van der Waals surface area contributed by atoms with Gasteiger partial charge in [-0.25, -0.2) is 0 Å². The molecule has 2 amide bonds. The molecule has 0 saturated carbocycles. The number of carbonyl (C=O) groups is 2. The zero-order valence-electron chi connectivity index (χ0n) is 12.4. The van der Waals surface area contributed by atoms with Crippen LogP contribution in [0.2, 0.25) is 0 Å². The lowest BCUT2D eigenvalue weighted by Gasteiger charge is -2.31. The van der Waals surface area contributed by atoms with Gasteiger partial charge in [-0.15, -0.1) is 0 Å². The Balaban J connectivity index is 1.70. The van der Waals surface area contributed by atoms with Crippen LogP contribution in [0.25, 0.3) is 0 Å². The highest BCUT2D eigenvalue weighted by atomic mass is 16.5. The fraction of sp³-hybridized carbons (Fsp3) is 0.500. The van der Waals surface area contributed by atoms with Crippen LogP contribution in [-0.4, -0.2) is 49.6 Å². The molecule has 1 aliphatic rings. The van der Waals surface area contributed by atoms with Crippen LogP contribution in [-0.2, 0) is 20.7 Å². The summed E-state index contributed by atoms with van der Waals surface area (Å²) in [5.74, 6) is -0.146. The number of nitrogens with one attached hydrogen (secondary N) is 1. The molecule has 5 nitrogen and oxygen atoms in total. The molecule has 1 saturated heterocycles. The minimum absolute atomic E-state index is 0.0223. The van der Waals surface area contributed by atoms with Gasteiger partial charge in [0.2, 0.25) is 11.8 Å². The predicted molar refractivity (Wildman–Crippen MR) is 79.8 cm³/mol. The summed E-state index contributed by atoms with van der Waals surface area (Å²) in [7, 11) is 1.70. The van der Waals surface area contributed by atoms with Gasteiger partial charge in [0.05, 0.1) is 19.1 Å². The summed E-state index contributed by atoms with van der Waals surface area (Å²) < 4.78 is 5.28. The maximum atomic E-state index is 12.0. The lowest BCUT2D eigenvalue weighted by molar-refractivity contribution is -0.134. The highest BCUT2D eigenvalue weighted by molar-refractivity contribution is 5.85. The van der Waals surface area contributed by atoms with Gasteiger partial charge in [0.1, 0.15) is 0 Å². The number of carbonyl (C=O) groups excluding carboxylic acids is 2. The van der Waals surface area contributed by atoms with Crippen molar-refractivity contribution in [2.24, 2.45) is 0 Å². The molecule has 0 aliphatic carbocycles. The van der Waals surface area contributed by atoms with E-state index in [-0.39, 0.29) is 24.5 Å². The number of nitrogens with zero attached hydrogens (tertiary/aromatic N) is 1. The molecule has 0 spiro atoms. The molecule has 1 aromatic carbocycles. The second-order valence-electron chi connectivity index (χ2n) is 5.25. The molecule has 21 heavy (non-hydrogen) atoms. The minimum atomic E-state index is -0.124. The van der Waals surface area contributed by atoms with E-state index in [1.165, 1.54) is 0 Å². The first-order valence-electron chi connectivity index (χ1n) is 7.30. The number of ether oxygens (including phenoxy) is 1. The largest absolute Gasteiger partial charge is 0.381 e. The van der Waals surface area contributed by atoms with E-state index in [0.29, 0.717) is 19.5 Å². The Morgan fingerprint density at radius 3 is 2.52 bits per heavy atom. The van der Waals surface area contributed by atoms with E-state index in [2.05, 4.69) is 5.32 Å². The number of amides is 2. The maximum absolute atomic E-state index is 12.0. The van der Waals surface area contributed by atoms with Crippen molar-refractivity contribution < 1.29 is 14.3 Å². The van der Waals surface area contributed by atoms with Gasteiger partial charge in [-0.1, -0.05) is 30.3 Å². The molecule has 5 heteroatoms. The Morgan fingerprint density at radius 2 is 1.90 bits per heavy atom. The summed E-state index contributed by atoms with van der Waals surface area (Å²) in [6, 6.07) is 9.50. The average molecular weight is 290 g/mol. The van der Waals surface area contributed by atoms with Crippen molar-refractivity contribution in [3.8, 4) is 0 Å². The Kier molecular flexibility index (Phi) is 5.75. The van der Waals surface area contributed by atoms with Crippen molar-refractivity contribution in [3.05, 3.63) is 35.9 Å². The monoisotopic (exact) mass is 290 g/mol. The molecular formula is C16H22N2O3. The summed E-state index contributed by atoms with van der Waals surface area (Å²) in [5, 5.41) is 2.69. The molecule has 0 aromatic heterocycles. The fourth-order valence-corrected chi connectivity index (χ4v) is 2.47. The molecule has 114 valence electrons. The van der Waals surface area contributed by atoms with E-state index in [1.807, 2.05) is 30.3 Å². The lowest BCUT2D eigenvalue weighted by Crippen LogP contribution is -2.45. The molecule has 1 fully saturated rings. The van der Waals surface area contributed by atoms with Gasteiger partial charge in [-0.05, 0) is 18.4 Å². The van der Waals surface area contributed by atoms with E-state index in [1.54, 1.807) is 12.0 Å². The molecular weight excluding hydrogens is 268 g/mol. The highest BCUT2D eigenvalue weighted by Gasteiger charge is 2.22. The Hall–Kier alpha value is -1.88. The molecule has 0 bridgehead atoms. The zero-order chi connectivity index (χ0) is 15.1. The first kappa shape index (κ1) is 15.5. The minimum Gasteiger partial charge on any atom is -0.381 e. The van der Waals surface area contributed by atoms with E-state index >= 15 is 0 Å². The summed E-state index contributed by atoms with van der Waals surface area (Å²) in [6.07, 6.45) is 2.28. The summed E-state index contributed by atoms with van der Waals surface area (Å²) in [5.41, 5.74) is 0.948. The number of rotatable bonds is 5. The number of benzene rings is 1. The Morgan fingerprint density at radius 1 is 1.24 bits per heavy atom. The van der Waals surface area contributed by atoms with Gasteiger partial charge < -0.3 is 15.0 Å². The maximum Gasteiger partial charge on any atom is 0.241 e. The standard InChI is InChI=1S/C16H22N2O3/c1-21-14-7-9-18(10-8-14)16(20)12-17-15(19)11-13-5-3-2-4-6-13/h2-6,14H,7-12H2,1H3,(H,17,19). The normalized spacial score (nSPS) is 15.8. The van der Waals surface area contributed by atoms with Gasteiger partial charge in [-0.3, -0.25) is 9.59 Å². The highest BCUT2D eigenvalue weighted by Crippen LogP contribution is 2.12. The third-order valence-corrected chi connectivity index (χ3v) is 3.77. The van der Waals surface area contributed by atoms with Crippen LogP contribution in [0.4, 0.5) is 0 Å². The first-order valence-corrected chi connectivity index (χ1v) is 7.30. The van der Waals surface area contributed by atoms with Crippen LogP contribution in [0.3, 0.4) is 0 Å². The van der Waals surface area contributed by atoms with Crippen molar-refractivity contribution in [2.45, 2.75) is 25.4 Å². The van der Waals surface area contributed by atoms with Gasteiger partial charge >= 0.3 is 0 Å². The van der Waals surface area contributed by atoms with Crippen molar-refractivity contribution in [1.29, 1.82) is 0 Å². The first-order chi connectivity index (χ1) is 10.2. The molecule has 1 heterocycles. The van der Waals surface area contributed by atoms with Gasteiger partial charge in [0.15, 0.2) is 0 Å². The van der Waals surface area contributed by atoms with Crippen LogP contribution >= 0.6 is 0 Å². The molecule has 2 rings (SSSR count). The Labute approximate surface area is 125 Å². The molecule has 1 aliphatic heterocycles. The number of hydrogen-bond acceptors (Lipinski definition) is 3. The van der Waals surface area contributed by atoms with Gasteiger partial charge in [0.25, 0.3) is 0 Å². The quantitative estimate of drug-likeness (QED) is 0.879. The lowest BCUT2D eigenvalue weighted by atomic mass is 10.1. The van der Waals surface area contributed by atoms with Crippen LogP contribution in [0.1, 0.15) is 18.4 Å². The van der Waals surface area contributed by atoms with Crippen LogP contribution in [0, 0.1) is 0 Å². The summed E-state index contributed by atoms with van der Waals surface area (Å²) in [4.78, 5) is 25.6. The Bertz CT molecular complexity index is 468. The third kappa shape index (κ3) is 4.86. The van der Waals surface area contributed by atoms with Crippen molar-refractivity contribution in [3.63, 3.8) is 0 Å². The SMILES string of the molecule is COC1CCN(C(=O)CNC(=O)Cc2ccccc2)CC1. The van der Waals surface area contributed by atoms with E-state index in [0.717, 1.165) is 18.4 Å². The van der Waals surface area contributed by atoms with E-state index in [4.69, 9.17) is 4.74 Å². The van der Waals surface area contributed by atoms with Crippen molar-refractivity contribution >= 4 is 11.8 Å². The number of methoxy groups -OCH3 is 1. The molecule has 0 atom stereocenters. The van der Waals surface area contributed by atoms with Crippen molar-refractivity contribution in [2.75, 3.05) is 26.7 Å². The van der Waals surface area contributed by atoms with Crippen LogP contribution in [0.5, 0.6) is 0 Å². The second-order valence-corrected chi connectivity index (χ2v) is 5.25. The molecule has 1 N–H and O–H groups in total. The zero-order valence-corrected chi connectivity index (χ0v) is 12.4.